The van der Waals surface area contributed by atoms with Crippen LogP contribution >= 0.6 is 0 Å². The van der Waals surface area contributed by atoms with Crippen LogP contribution in [-0.4, -0.2) is 30.7 Å². The minimum absolute atomic E-state index is 0.135. The molecular weight excluding hydrogens is 272 g/mol. The fraction of sp³-hybridized carbons (Fsp3) is 0.154. The number of amides is 1. The van der Waals surface area contributed by atoms with Gasteiger partial charge in [0, 0.05) is 12.3 Å². The number of hydrogen-bond donors (Lipinski definition) is 2. The molecule has 106 valence electrons. The molecule has 8 nitrogen and oxygen atoms in total. The summed E-state index contributed by atoms with van der Waals surface area (Å²) in [7, 11) is 0. The van der Waals surface area contributed by atoms with Crippen LogP contribution in [0.15, 0.2) is 41.3 Å². The molecule has 3 aromatic heterocycles. The van der Waals surface area contributed by atoms with E-state index in [1.807, 2.05) is 24.4 Å². The van der Waals surface area contributed by atoms with Gasteiger partial charge in [-0.15, -0.1) is 10.2 Å². The van der Waals surface area contributed by atoms with E-state index in [0.717, 1.165) is 0 Å². The topological polar surface area (TPSA) is 105 Å². The molecule has 0 radical (unpaired) electrons. The average molecular weight is 284 g/mol. The maximum absolute atomic E-state index is 12.0. The molecule has 1 atom stereocenters. The van der Waals surface area contributed by atoms with Crippen LogP contribution in [0.2, 0.25) is 0 Å². The van der Waals surface area contributed by atoms with Crippen LogP contribution in [0, 0.1) is 0 Å². The van der Waals surface area contributed by atoms with Crippen molar-refractivity contribution in [3.8, 4) is 0 Å². The lowest BCUT2D eigenvalue weighted by Gasteiger charge is -2.11. The molecule has 0 spiro atoms. The first kappa shape index (κ1) is 13.0. The summed E-state index contributed by atoms with van der Waals surface area (Å²) in [5.41, 5.74) is 0.481. The number of nitrogens with one attached hydrogen (secondary N) is 2. The van der Waals surface area contributed by atoms with Gasteiger partial charge < -0.3 is 5.32 Å². The van der Waals surface area contributed by atoms with Crippen molar-refractivity contribution in [2.24, 2.45) is 0 Å². The molecule has 0 aromatic carbocycles. The van der Waals surface area contributed by atoms with Crippen molar-refractivity contribution < 1.29 is 4.79 Å². The van der Waals surface area contributed by atoms with Crippen molar-refractivity contribution in [3.05, 3.63) is 58.4 Å². The molecule has 1 amide bonds. The van der Waals surface area contributed by atoms with E-state index in [-0.39, 0.29) is 17.3 Å². The van der Waals surface area contributed by atoms with Gasteiger partial charge in [0.2, 0.25) is 0 Å². The van der Waals surface area contributed by atoms with Crippen molar-refractivity contribution in [3.63, 3.8) is 0 Å². The van der Waals surface area contributed by atoms with Crippen molar-refractivity contribution in [2.75, 3.05) is 0 Å². The van der Waals surface area contributed by atoms with Gasteiger partial charge in [-0.1, -0.05) is 6.07 Å². The number of nitrogens with zero attached hydrogens (tertiary/aromatic N) is 4. The third kappa shape index (κ3) is 2.50. The second-order valence-corrected chi connectivity index (χ2v) is 4.49. The Labute approximate surface area is 118 Å². The Kier molecular flexibility index (Phi) is 3.19. The quantitative estimate of drug-likeness (QED) is 0.720. The molecule has 0 saturated carbocycles. The lowest BCUT2D eigenvalue weighted by Crippen LogP contribution is -2.29. The first-order chi connectivity index (χ1) is 10.1. The first-order valence-corrected chi connectivity index (χ1v) is 6.31. The number of H-pyrrole nitrogens is 1. The van der Waals surface area contributed by atoms with Crippen LogP contribution < -0.4 is 10.9 Å². The van der Waals surface area contributed by atoms with Gasteiger partial charge in [-0.3, -0.25) is 14.0 Å². The number of carbonyl (C=O) groups excluding carboxylic acids is 1. The molecule has 3 aromatic rings. The Bertz CT molecular complexity index is 832. The van der Waals surface area contributed by atoms with E-state index < -0.39 is 5.91 Å². The Morgan fingerprint density at radius 2 is 2.14 bits per heavy atom. The zero-order valence-electron chi connectivity index (χ0n) is 11.1. The number of hydrogen-bond acceptors (Lipinski definition) is 5. The molecule has 0 fully saturated rings. The smallest absolute Gasteiger partial charge is 0.272 e. The van der Waals surface area contributed by atoms with Crippen LogP contribution in [0.5, 0.6) is 0 Å². The van der Waals surface area contributed by atoms with Crippen LogP contribution in [0.4, 0.5) is 0 Å². The van der Waals surface area contributed by atoms with Gasteiger partial charge in [-0.25, -0.2) is 5.10 Å². The first-order valence-electron chi connectivity index (χ1n) is 6.31. The van der Waals surface area contributed by atoms with Gasteiger partial charge >= 0.3 is 0 Å². The molecule has 1 unspecified atom stereocenters. The zero-order chi connectivity index (χ0) is 14.8. The van der Waals surface area contributed by atoms with Gasteiger partial charge in [0.25, 0.3) is 11.5 Å². The molecule has 0 aliphatic rings. The minimum Gasteiger partial charge on any atom is -0.341 e. The number of pyridine rings is 1. The lowest BCUT2D eigenvalue weighted by molar-refractivity contribution is 0.0932. The van der Waals surface area contributed by atoms with Crippen LogP contribution in [0.1, 0.15) is 29.3 Å². The third-order valence-corrected chi connectivity index (χ3v) is 2.99. The molecule has 3 heterocycles. The number of carbonyl (C=O) groups is 1. The Morgan fingerprint density at radius 3 is 2.90 bits per heavy atom. The third-order valence-electron chi connectivity index (χ3n) is 2.99. The van der Waals surface area contributed by atoms with Crippen molar-refractivity contribution in [2.45, 2.75) is 13.0 Å². The second kappa shape index (κ2) is 5.16. The Morgan fingerprint density at radius 1 is 1.29 bits per heavy atom. The summed E-state index contributed by atoms with van der Waals surface area (Å²) in [5.74, 6) is 0.217. The van der Waals surface area contributed by atoms with Gasteiger partial charge in [0.15, 0.2) is 11.5 Å². The van der Waals surface area contributed by atoms with E-state index in [0.29, 0.717) is 11.5 Å². The molecule has 8 heteroatoms. The second-order valence-electron chi connectivity index (χ2n) is 4.49. The van der Waals surface area contributed by atoms with E-state index in [1.165, 1.54) is 12.1 Å². The summed E-state index contributed by atoms with van der Waals surface area (Å²) >= 11 is 0. The van der Waals surface area contributed by atoms with E-state index in [4.69, 9.17) is 0 Å². The molecule has 0 bridgehead atoms. The maximum atomic E-state index is 12.0. The van der Waals surface area contributed by atoms with Gasteiger partial charge in [0.05, 0.1) is 6.04 Å². The molecule has 0 aliphatic carbocycles. The van der Waals surface area contributed by atoms with Gasteiger partial charge in [-0.05, 0) is 25.1 Å². The molecule has 0 saturated heterocycles. The van der Waals surface area contributed by atoms with Gasteiger partial charge in [-0.2, -0.15) is 5.10 Å². The number of fused-ring (bicyclic) bond motifs is 1. The molecule has 3 rings (SSSR count). The summed E-state index contributed by atoms with van der Waals surface area (Å²) in [6, 6.07) is 7.80. The monoisotopic (exact) mass is 284 g/mol. The maximum Gasteiger partial charge on any atom is 0.272 e. The minimum atomic E-state index is -0.397. The van der Waals surface area contributed by atoms with E-state index in [9.17, 15) is 9.59 Å². The number of rotatable bonds is 3. The summed E-state index contributed by atoms with van der Waals surface area (Å²) in [6.45, 7) is 1.80. The van der Waals surface area contributed by atoms with E-state index in [1.54, 1.807) is 11.3 Å². The highest BCUT2D eigenvalue weighted by Gasteiger charge is 2.17. The molecule has 0 aliphatic heterocycles. The standard InChI is InChI=1S/C13H12N6O2/c1-8(12-18-16-10-4-2-3-7-19(10)12)14-13(21)9-5-6-11(20)17-15-9/h2-8H,1H3,(H,14,21)(H,17,20). The van der Waals surface area contributed by atoms with E-state index >= 15 is 0 Å². The fourth-order valence-electron chi connectivity index (χ4n) is 1.96. The molecular formula is C13H12N6O2. The summed E-state index contributed by atoms with van der Waals surface area (Å²) in [5, 5.41) is 16.8. The molecule has 21 heavy (non-hydrogen) atoms. The largest absolute Gasteiger partial charge is 0.341 e. The van der Waals surface area contributed by atoms with Crippen molar-refractivity contribution >= 4 is 11.6 Å². The Balaban J connectivity index is 1.82. The summed E-state index contributed by atoms with van der Waals surface area (Å²) in [4.78, 5) is 23.0. The predicted molar refractivity (Wildman–Crippen MR) is 73.7 cm³/mol. The van der Waals surface area contributed by atoms with Crippen LogP contribution in [0.3, 0.4) is 0 Å². The van der Waals surface area contributed by atoms with Crippen LogP contribution in [-0.2, 0) is 0 Å². The van der Waals surface area contributed by atoms with Crippen molar-refractivity contribution in [1.82, 2.24) is 30.1 Å². The highest BCUT2D eigenvalue weighted by molar-refractivity contribution is 5.92. The van der Waals surface area contributed by atoms with Crippen LogP contribution in [0.25, 0.3) is 5.65 Å². The normalized spacial score (nSPS) is 12.2. The summed E-state index contributed by atoms with van der Waals surface area (Å²) < 4.78 is 1.80. The number of aromatic nitrogens is 5. The van der Waals surface area contributed by atoms with Gasteiger partial charge in [0.1, 0.15) is 5.69 Å². The Hall–Kier alpha value is -3.03. The summed E-state index contributed by atoms with van der Waals surface area (Å²) in [6.07, 6.45) is 1.82. The SMILES string of the molecule is CC(NC(=O)c1ccc(=O)[nH]n1)c1nnc2ccccn12. The fourth-order valence-corrected chi connectivity index (χ4v) is 1.96. The molecule has 2 N–H and O–H groups in total. The average Bonchev–Trinajstić information content (AvgIpc) is 2.92. The zero-order valence-corrected chi connectivity index (χ0v) is 11.1. The predicted octanol–water partition coefficient (Wildman–Crippen LogP) is 0.304. The highest BCUT2D eigenvalue weighted by atomic mass is 16.2. The van der Waals surface area contributed by atoms with Crippen molar-refractivity contribution in [1.29, 1.82) is 0 Å². The highest BCUT2D eigenvalue weighted by Crippen LogP contribution is 2.12. The number of aromatic amines is 1. The lowest BCUT2D eigenvalue weighted by atomic mass is 10.3. The van der Waals surface area contributed by atoms with E-state index in [2.05, 4.69) is 25.7 Å².